The van der Waals surface area contributed by atoms with E-state index in [9.17, 15) is 122 Å². The van der Waals surface area contributed by atoms with Crippen molar-refractivity contribution in [3.05, 3.63) is 0 Å². The van der Waals surface area contributed by atoms with Gasteiger partial charge in [-0.1, -0.05) is 0 Å². The van der Waals surface area contributed by atoms with Crippen LogP contribution < -0.4 is 59.3 Å². The topological polar surface area (TPSA) is 612 Å². The standard InChI is InChI=1S/C42H63N11O25/c1-17(56)45-25(15-54)40(75)49-22(7-13-32(65)66)37(72)52-24(14-33(67)68)39(74)48-18(2-8-27(43)57)38(73)53-26(16-55)41(76)50-20(5-11-30(61)62)35(70)46-19(4-10-29(59)60)34(69)47-21(6-12-31(63)64)36(71)51-23(42(77)78)3-9-28(44)58/h18-26,54-55H,2-16H2,1H3,(H2,43,57)(H2,44,58)(H,45,56)(H,46,70)(H,47,69)(H,48,74)(H,49,75)(H,50,76)(H,51,71)(H,52,72)(H,53,73)(H,59,60)(H,61,62)(H,63,64)(H,65,66)(H,67,68)(H,77,78)/t18-,19-,20-,21-,22-,23-,24-,25-,26-/m1/s1. The highest BCUT2D eigenvalue weighted by Crippen LogP contribution is 2.09. The smallest absolute Gasteiger partial charge is 0.326 e. The van der Waals surface area contributed by atoms with E-state index in [2.05, 4.69) is 16.0 Å². The van der Waals surface area contributed by atoms with Gasteiger partial charge < -0.3 is 100 Å². The number of aliphatic hydroxyl groups is 2. The first-order valence-electron chi connectivity index (χ1n) is 23.1. The highest BCUT2D eigenvalue weighted by atomic mass is 16.4. The van der Waals surface area contributed by atoms with Crippen LogP contribution in [0.5, 0.6) is 0 Å². The number of carbonyl (C=O) groups excluding carboxylic acids is 11. The molecule has 0 unspecified atom stereocenters. The molecule has 11 amide bonds. The van der Waals surface area contributed by atoms with Gasteiger partial charge in [-0.2, -0.15) is 0 Å². The number of hydrogen-bond acceptors (Lipinski definition) is 19. The third-order valence-electron chi connectivity index (χ3n) is 10.4. The summed E-state index contributed by atoms with van der Waals surface area (Å²) in [5.41, 5.74) is 10.2. The quantitative estimate of drug-likeness (QED) is 0.0271. The number of carboxylic acid groups (broad SMARTS) is 6. The number of nitrogens with two attached hydrogens (primary N) is 2. The Morgan fingerprint density at radius 1 is 0.308 bits per heavy atom. The number of aliphatic hydroxyl groups excluding tert-OH is 2. The van der Waals surface area contributed by atoms with Gasteiger partial charge in [-0.05, 0) is 38.5 Å². The second kappa shape index (κ2) is 35.2. The fourth-order valence-electron chi connectivity index (χ4n) is 6.44. The summed E-state index contributed by atoms with van der Waals surface area (Å²) in [6, 6.07) is -17.7. The number of carboxylic acids is 6. The predicted molar refractivity (Wildman–Crippen MR) is 251 cm³/mol. The maximum atomic E-state index is 13.7. The molecule has 0 rings (SSSR count). The van der Waals surface area contributed by atoms with Crippen molar-refractivity contribution in [3.63, 3.8) is 0 Å². The molecule has 9 atom stereocenters. The van der Waals surface area contributed by atoms with Crippen LogP contribution in [-0.2, 0) is 81.5 Å². The van der Waals surface area contributed by atoms with E-state index in [0.29, 0.717) is 0 Å². The highest BCUT2D eigenvalue weighted by molar-refractivity contribution is 5.99. The van der Waals surface area contributed by atoms with Crippen LogP contribution in [0.2, 0.25) is 0 Å². The van der Waals surface area contributed by atoms with Gasteiger partial charge in [-0.3, -0.25) is 76.7 Å². The Morgan fingerprint density at radius 2 is 0.526 bits per heavy atom. The Bertz CT molecular complexity index is 2260. The van der Waals surface area contributed by atoms with E-state index in [0.717, 1.165) is 6.92 Å². The lowest BCUT2D eigenvalue weighted by atomic mass is 10.0. The van der Waals surface area contributed by atoms with Crippen molar-refractivity contribution in [2.45, 2.75) is 145 Å². The molecule has 0 aliphatic carbocycles. The molecule has 0 aromatic rings. The summed E-state index contributed by atoms with van der Waals surface area (Å²) in [4.78, 5) is 211. The number of carbonyl (C=O) groups is 17. The van der Waals surface area contributed by atoms with Crippen molar-refractivity contribution in [2.24, 2.45) is 11.5 Å². The molecule has 0 aromatic heterocycles. The van der Waals surface area contributed by atoms with Crippen LogP contribution in [0.1, 0.15) is 90.4 Å². The molecule has 0 radical (unpaired) electrons. The molecule has 36 nitrogen and oxygen atoms in total. The summed E-state index contributed by atoms with van der Waals surface area (Å²) in [5, 5.41) is 94.1. The van der Waals surface area contributed by atoms with Crippen LogP contribution in [-0.4, -0.2) is 209 Å². The number of amides is 11. The number of rotatable bonds is 40. The van der Waals surface area contributed by atoms with E-state index in [-0.39, 0.29) is 0 Å². The minimum Gasteiger partial charge on any atom is -0.481 e. The lowest BCUT2D eigenvalue weighted by Crippen LogP contribution is -2.61. The largest absolute Gasteiger partial charge is 0.481 e. The minimum atomic E-state index is -2.18. The summed E-state index contributed by atoms with van der Waals surface area (Å²) in [6.45, 7) is -1.41. The van der Waals surface area contributed by atoms with E-state index in [1.165, 1.54) is 0 Å². The lowest BCUT2D eigenvalue weighted by Gasteiger charge is -2.27. The minimum absolute atomic E-state index is 0.543. The maximum absolute atomic E-state index is 13.7. The molecule has 0 spiro atoms. The third-order valence-corrected chi connectivity index (χ3v) is 10.4. The van der Waals surface area contributed by atoms with Gasteiger partial charge in [0.15, 0.2) is 0 Å². The first-order valence-corrected chi connectivity index (χ1v) is 23.1. The fraction of sp³-hybridized carbons (Fsp3) is 0.595. The summed E-state index contributed by atoms with van der Waals surface area (Å²) in [5.74, 6) is -23.8. The second-order valence-corrected chi connectivity index (χ2v) is 16.8. The monoisotopic (exact) mass is 1120 g/mol. The van der Waals surface area contributed by atoms with Crippen molar-refractivity contribution in [1.82, 2.24) is 47.9 Å². The Hall–Kier alpha value is -9.09. The Morgan fingerprint density at radius 3 is 0.769 bits per heavy atom. The van der Waals surface area contributed by atoms with Gasteiger partial charge in [0.1, 0.15) is 54.4 Å². The Labute approximate surface area is 439 Å². The molecule has 0 heterocycles. The zero-order valence-electron chi connectivity index (χ0n) is 41.5. The normalized spacial score (nSPS) is 14.1. The van der Waals surface area contributed by atoms with Crippen molar-refractivity contribution >= 4 is 101 Å². The molecule has 436 valence electrons. The summed E-state index contributed by atoms with van der Waals surface area (Å²) >= 11 is 0. The van der Waals surface area contributed by atoms with E-state index in [1.807, 2.05) is 31.9 Å². The van der Waals surface area contributed by atoms with Crippen LogP contribution >= 0.6 is 0 Å². The number of aliphatic carboxylic acids is 6. The van der Waals surface area contributed by atoms with Crippen molar-refractivity contribution < 1.29 is 122 Å². The molecule has 0 bridgehead atoms. The molecular formula is C42H63N11O25. The summed E-state index contributed by atoms with van der Waals surface area (Å²) < 4.78 is 0. The van der Waals surface area contributed by atoms with Gasteiger partial charge in [-0.25, -0.2) is 4.79 Å². The molecule has 78 heavy (non-hydrogen) atoms. The molecule has 0 aromatic carbocycles. The molecule has 0 fully saturated rings. The molecule has 36 heteroatoms. The molecule has 0 saturated heterocycles. The first-order chi connectivity index (χ1) is 36.3. The van der Waals surface area contributed by atoms with E-state index in [1.54, 1.807) is 0 Å². The maximum Gasteiger partial charge on any atom is 0.326 e. The molecule has 0 aliphatic heterocycles. The van der Waals surface area contributed by atoms with Crippen LogP contribution in [0.15, 0.2) is 0 Å². The number of hydrogen-bond donors (Lipinski definition) is 19. The zero-order chi connectivity index (χ0) is 60.0. The Kier molecular flexibility index (Phi) is 31.1. The van der Waals surface area contributed by atoms with Crippen molar-refractivity contribution in [3.8, 4) is 0 Å². The van der Waals surface area contributed by atoms with Crippen LogP contribution in [0.4, 0.5) is 0 Å². The van der Waals surface area contributed by atoms with Gasteiger partial charge in [0, 0.05) is 45.4 Å². The first kappa shape index (κ1) is 68.9. The van der Waals surface area contributed by atoms with E-state index in [4.69, 9.17) is 11.5 Å². The number of primary amides is 2. The van der Waals surface area contributed by atoms with Crippen molar-refractivity contribution in [1.29, 1.82) is 0 Å². The lowest BCUT2D eigenvalue weighted by molar-refractivity contribution is -0.143. The van der Waals surface area contributed by atoms with Crippen LogP contribution in [0, 0.1) is 0 Å². The zero-order valence-corrected chi connectivity index (χ0v) is 41.5. The van der Waals surface area contributed by atoms with Crippen LogP contribution in [0.3, 0.4) is 0 Å². The molecule has 21 N–H and O–H groups in total. The fourth-order valence-corrected chi connectivity index (χ4v) is 6.44. The SMILES string of the molecule is CC(=O)N[C@H](CO)C(=O)N[C@H](CCC(=O)O)C(=O)N[C@H](CC(=O)O)C(=O)N[C@H](CCC(N)=O)C(=O)N[C@H](CO)C(=O)N[C@H](CCC(=O)O)C(=O)N[C@H](CCC(=O)O)C(=O)N[C@H](CCC(=O)O)C(=O)N[C@H](CCC(N)=O)C(=O)O. The molecule has 0 aliphatic rings. The Balaban J connectivity index is 6.80. The third kappa shape index (κ3) is 28.5. The van der Waals surface area contributed by atoms with E-state index < -0.39 is 252 Å². The summed E-state index contributed by atoms with van der Waals surface area (Å²) in [6.07, 6.45) is -10.4. The van der Waals surface area contributed by atoms with Gasteiger partial charge >= 0.3 is 35.8 Å². The van der Waals surface area contributed by atoms with Crippen molar-refractivity contribution in [2.75, 3.05) is 13.2 Å². The predicted octanol–water partition coefficient (Wildman–Crippen LogP) is -9.10. The average Bonchev–Trinajstić information content (AvgIpc) is 3.33. The highest BCUT2D eigenvalue weighted by Gasteiger charge is 2.36. The van der Waals surface area contributed by atoms with E-state index >= 15 is 0 Å². The number of nitrogens with one attached hydrogen (secondary N) is 9. The summed E-state index contributed by atoms with van der Waals surface area (Å²) in [7, 11) is 0. The van der Waals surface area contributed by atoms with Gasteiger partial charge in [0.25, 0.3) is 0 Å². The molecular weight excluding hydrogens is 1060 g/mol. The average molecular weight is 1120 g/mol. The van der Waals surface area contributed by atoms with Gasteiger partial charge in [0.2, 0.25) is 65.0 Å². The molecule has 0 saturated carbocycles. The van der Waals surface area contributed by atoms with Gasteiger partial charge in [-0.15, -0.1) is 0 Å². The van der Waals surface area contributed by atoms with Crippen LogP contribution in [0.25, 0.3) is 0 Å². The second-order valence-electron chi connectivity index (χ2n) is 16.8. The van der Waals surface area contributed by atoms with Gasteiger partial charge in [0.05, 0.1) is 19.6 Å².